The lowest BCUT2D eigenvalue weighted by atomic mass is 10.1. The maximum atomic E-state index is 6.42. The maximum Gasteiger partial charge on any atom is 0.0642 e. The van der Waals surface area contributed by atoms with Crippen LogP contribution in [0, 0.1) is 0 Å². The summed E-state index contributed by atoms with van der Waals surface area (Å²) in [7, 11) is 2.27. The summed E-state index contributed by atoms with van der Waals surface area (Å²) >= 11 is 6.42. The summed E-state index contributed by atoms with van der Waals surface area (Å²) < 4.78 is 0. The molecule has 1 aromatic carbocycles. The zero-order valence-corrected chi connectivity index (χ0v) is 12.2. The molecule has 2 heterocycles. The molecule has 2 aliphatic heterocycles. The summed E-state index contributed by atoms with van der Waals surface area (Å²) in [4.78, 5) is 5.01. The van der Waals surface area contributed by atoms with Gasteiger partial charge in [0.05, 0.1) is 10.7 Å². The number of hydrogen-bond donors (Lipinski definition) is 1. The zero-order valence-electron chi connectivity index (χ0n) is 11.5. The number of fused-ring (bicyclic) bond motifs is 2. The van der Waals surface area contributed by atoms with Crippen molar-refractivity contribution < 1.29 is 0 Å². The van der Waals surface area contributed by atoms with Gasteiger partial charge in [0.15, 0.2) is 0 Å². The van der Waals surface area contributed by atoms with E-state index in [1.54, 1.807) is 0 Å². The lowest BCUT2D eigenvalue weighted by molar-refractivity contribution is 0.254. The van der Waals surface area contributed by atoms with E-state index in [0.29, 0.717) is 12.6 Å². The van der Waals surface area contributed by atoms with Crippen LogP contribution in [0.2, 0.25) is 5.02 Å². The summed E-state index contributed by atoms with van der Waals surface area (Å²) in [5.41, 5.74) is 7.93. The van der Waals surface area contributed by atoms with Crippen LogP contribution in [-0.4, -0.2) is 37.1 Å². The highest BCUT2D eigenvalue weighted by atomic mass is 35.5. The van der Waals surface area contributed by atoms with Gasteiger partial charge in [0.2, 0.25) is 0 Å². The van der Waals surface area contributed by atoms with Crippen LogP contribution in [0.15, 0.2) is 18.2 Å². The second-order valence-corrected chi connectivity index (χ2v) is 6.18. The molecule has 0 radical (unpaired) electrons. The van der Waals surface area contributed by atoms with Crippen molar-refractivity contribution in [1.29, 1.82) is 0 Å². The zero-order chi connectivity index (χ0) is 13.4. The number of halogens is 1. The van der Waals surface area contributed by atoms with Crippen molar-refractivity contribution in [2.75, 3.05) is 25.0 Å². The number of nitrogens with zero attached hydrogens (tertiary/aromatic N) is 2. The fourth-order valence-electron chi connectivity index (χ4n) is 3.46. The third-order valence-corrected chi connectivity index (χ3v) is 5.04. The lowest BCUT2D eigenvalue weighted by Crippen LogP contribution is -2.36. The van der Waals surface area contributed by atoms with Crippen molar-refractivity contribution in [1.82, 2.24) is 4.90 Å². The Labute approximate surface area is 120 Å². The van der Waals surface area contributed by atoms with Gasteiger partial charge in [0.25, 0.3) is 0 Å². The largest absolute Gasteiger partial charge is 0.369 e. The molecule has 0 aliphatic carbocycles. The molecule has 0 saturated carbocycles. The molecule has 2 bridgehead atoms. The number of likely N-dealkylation sites (N-methyl/N-ethyl adjacent to an activating group) is 1. The van der Waals surface area contributed by atoms with Gasteiger partial charge in [0.1, 0.15) is 0 Å². The van der Waals surface area contributed by atoms with Crippen molar-refractivity contribution in [3.05, 3.63) is 28.8 Å². The van der Waals surface area contributed by atoms with Crippen molar-refractivity contribution in [3.63, 3.8) is 0 Å². The van der Waals surface area contributed by atoms with E-state index in [9.17, 15) is 0 Å². The van der Waals surface area contributed by atoms with Crippen LogP contribution in [0.3, 0.4) is 0 Å². The fourth-order valence-corrected chi connectivity index (χ4v) is 3.78. The van der Waals surface area contributed by atoms with Gasteiger partial charge >= 0.3 is 0 Å². The third kappa shape index (κ3) is 2.47. The van der Waals surface area contributed by atoms with E-state index >= 15 is 0 Å². The molecule has 0 aromatic heterocycles. The second kappa shape index (κ2) is 5.31. The minimum atomic E-state index is 0.549. The Bertz CT molecular complexity index is 463. The van der Waals surface area contributed by atoms with E-state index in [4.69, 9.17) is 17.3 Å². The van der Waals surface area contributed by atoms with Crippen molar-refractivity contribution in [2.45, 2.75) is 37.9 Å². The van der Waals surface area contributed by atoms with Gasteiger partial charge in [-0.1, -0.05) is 17.7 Å². The van der Waals surface area contributed by atoms with Gasteiger partial charge in [-0.25, -0.2) is 0 Å². The Hall–Kier alpha value is -0.770. The molecule has 1 aromatic rings. The van der Waals surface area contributed by atoms with Crippen LogP contribution in [-0.2, 0) is 6.54 Å². The highest BCUT2D eigenvalue weighted by Crippen LogP contribution is 2.33. The highest BCUT2D eigenvalue weighted by molar-refractivity contribution is 6.33. The number of hydrogen-bond acceptors (Lipinski definition) is 3. The Morgan fingerprint density at radius 1 is 1.26 bits per heavy atom. The van der Waals surface area contributed by atoms with Crippen molar-refractivity contribution in [3.8, 4) is 0 Å². The lowest BCUT2D eigenvalue weighted by Gasteiger charge is -2.28. The van der Waals surface area contributed by atoms with E-state index in [1.165, 1.54) is 24.9 Å². The third-order valence-electron chi connectivity index (χ3n) is 4.74. The molecule has 2 atom stereocenters. The summed E-state index contributed by atoms with van der Waals surface area (Å²) in [6, 6.07) is 7.66. The molecule has 2 unspecified atom stereocenters. The topological polar surface area (TPSA) is 32.5 Å². The van der Waals surface area contributed by atoms with Gasteiger partial charge in [-0.3, -0.25) is 4.90 Å². The standard InChI is InChI=1S/C15H22ClN3/c1-18-12-3-4-13(18)10-19(7-6-12)15-5-2-11(9-17)8-14(15)16/h2,5,8,12-13H,3-4,6-7,9-10,17H2,1H3. The Morgan fingerprint density at radius 3 is 2.79 bits per heavy atom. The minimum Gasteiger partial charge on any atom is -0.369 e. The first-order valence-corrected chi connectivity index (χ1v) is 7.52. The smallest absolute Gasteiger partial charge is 0.0642 e. The Morgan fingerprint density at radius 2 is 2.05 bits per heavy atom. The summed E-state index contributed by atoms with van der Waals surface area (Å²) in [5, 5.41) is 0.836. The monoisotopic (exact) mass is 279 g/mol. The molecular formula is C15H22ClN3. The van der Waals surface area contributed by atoms with Gasteiger partial charge in [-0.2, -0.15) is 0 Å². The number of anilines is 1. The van der Waals surface area contributed by atoms with E-state index in [0.717, 1.165) is 29.7 Å². The molecule has 0 spiro atoms. The SMILES string of the molecule is CN1C2CCC1CN(c1ccc(CN)cc1Cl)CC2. The van der Waals surface area contributed by atoms with Crippen LogP contribution >= 0.6 is 11.6 Å². The van der Waals surface area contributed by atoms with Crippen LogP contribution < -0.4 is 10.6 Å². The predicted octanol–water partition coefficient (Wildman–Crippen LogP) is 2.47. The van der Waals surface area contributed by atoms with Crippen LogP contribution in [0.25, 0.3) is 0 Å². The first-order valence-electron chi connectivity index (χ1n) is 7.14. The van der Waals surface area contributed by atoms with E-state index < -0.39 is 0 Å². The molecule has 2 aliphatic rings. The molecule has 2 fully saturated rings. The molecule has 19 heavy (non-hydrogen) atoms. The number of benzene rings is 1. The molecule has 2 saturated heterocycles. The van der Waals surface area contributed by atoms with Gasteiger partial charge in [0, 0.05) is 31.7 Å². The highest BCUT2D eigenvalue weighted by Gasteiger charge is 2.34. The van der Waals surface area contributed by atoms with E-state index in [-0.39, 0.29) is 0 Å². The predicted molar refractivity (Wildman–Crippen MR) is 80.7 cm³/mol. The molecule has 4 heteroatoms. The Kier molecular flexibility index (Phi) is 3.70. The first-order chi connectivity index (χ1) is 9.19. The normalized spacial score (nSPS) is 27.6. The van der Waals surface area contributed by atoms with Crippen LogP contribution in [0.4, 0.5) is 5.69 Å². The van der Waals surface area contributed by atoms with E-state index in [1.807, 2.05) is 6.07 Å². The molecule has 2 N–H and O–H groups in total. The quantitative estimate of drug-likeness (QED) is 0.903. The molecule has 0 amide bonds. The Balaban J connectivity index is 1.82. The average Bonchev–Trinajstić information content (AvgIpc) is 2.64. The van der Waals surface area contributed by atoms with Crippen LogP contribution in [0.1, 0.15) is 24.8 Å². The van der Waals surface area contributed by atoms with Gasteiger partial charge in [-0.15, -0.1) is 0 Å². The average molecular weight is 280 g/mol. The van der Waals surface area contributed by atoms with Crippen LogP contribution in [0.5, 0.6) is 0 Å². The van der Waals surface area contributed by atoms with Crippen molar-refractivity contribution in [2.24, 2.45) is 5.73 Å². The van der Waals surface area contributed by atoms with Crippen molar-refractivity contribution >= 4 is 17.3 Å². The van der Waals surface area contributed by atoms with E-state index in [2.05, 4.69) is 29.0 Å². The summed E-state index contributed by atoms with van der Waals surface area (Å²) in [5.74, 6) is 0. The first kappa shape index (κ1) is 13.2. The number of nitrogens with two attached hydrogens (primary N) is 1. The van der Waals surface area contributed by atoms with Gasteiger partial charge in [-0.05, 0) is 44.0 Å². The molecule has 3 nitrogen and oxygen atoms in total. The molecular weight excluding hydrogens is 258 g/mol. The molecule has 104 valence electrons. The summed E-state index contributed by atoms with van der Waals surface area (Å²) in [6.07, 6.45) is 3.91. The second-order valence-electron chi connectivity index (χ2n) is 5.78. The maximum absolute atomic E-state index is 6.42. The fraction of sp³-hybridized carbons (Fsp3) is 0.600. The summed E-state index contributed by atoms with van der Waals surface area (Å²) in [6.45, 7) is 2.75. The minimum absolute atomic E-state index is 0.549. The molecule has 3 rings (SSSR count). The number of rotatable bonds is 2. The van der Waals surface area contributed by atoms with Gasteiger partial charge < -0.3 is 10.6 Å².